The van der Waals surface area contributed by atoms with Crippen LogP contribution in [0.4, 0.5) is 0 Å². The number of piperidine rings is 1. The van der Waals surface area contributed by atoms with Gasteiger partial charge in [-0.25, -0.2) is 22.7 Å². The lowest BCUT2D eigenvalue weighted by molar-refractivity contribution is 0.00827. The van der Waals surface area contributed by atoms with Crippen molar-refractivity contribution in [2.24, 2.45) is 0 Å². The van der Waals surface area contributed by atoms with E-state index in [4.69, 9.17) is 4.74 Å². The van der Waals surface area contributed by atoms with Gasteiger partial charge in [0.1, 0.15) is 12.0 Å². The van der Waals surface area contributed by atoms with E-state index in [0.29, 0.717) is 32.0 Å². The number of sulfonamides is 1. The van der Waals surface area contributed by atoms with Gasteiger partial charge in [-0.15, -0.1) is 0 Å². The summed E-state index contributed by atoms with van der Waals surface area (Å²) in [6.45, 7) is 2.08. The van der Waals surface area contributed by atoms with Crippen molar-refractivity contribution in [1.82, 2.24) is 19.2 Å². The number of carbonyl (C=O) groups excluding carboxylic acids is 1. The van der Waals surface area contributed by atoms with E-state index in [0.717, 1.165) is 25.7 Å². The maximum absolute atomic E-state index is 13.1. The topological polar surface area (TPSA) is 92.7 Å². The second-order valence-electron chi connectivity index (χ2n) is 6.57. The van der Waals surface area contributed by atoms with Crippen LogP contribution in [0.15, 0.2) is 18.6 Å². The van der Waals surface area contributed by atoms with E-state index < -0.39 is 10.0 Å². The summed E-state index contributed by atoms with van der Waals surface area (Å²) in [6.07, 6.45) is 7.18. The molecule has 2 aliphatic rings. The molecule has 3 rings (SSSR count). The molecule has 1 aromatic heterocycles. The number of amides is 1. The normalized spacial score (nSPS) is 23.3. The Labute approximate surface area is 148 Å². The van der Waals surface area contributed by atoms with Gasteiger partial charge >= 0.3 is 0 Å². The molecule has 1 atom stereocenters. The molecular formula is C16H24N4O4S. The molecule has 25 heavy (non-hydrogen) atoms. The average Bonchev–Trinajstić information content (AvgIpc) is 2.63. The first-order valence-electron chi connectivity index (χ1n) is 8.58. The van der Waals surface area contributed by atoms with Crippen LogP contribution < -0.4 is 0 Å². The predicted molar refractivity (Wildman–Crippen MR) is 91.5 cm³/mol. The molecular weight excluding hydrogens is 344 g/mol. The molecule has 2 aliphatic heterocycles. The van der Waals surface area contributed by atoms with Crippen LogP contribution in [0.1, 0.15) is 36.2 Å². The smallest absolute Gasteiger partial charge is 0.273 e. The Bertz CT molecular complexity index is 691. The van der Waals surface area contributed by atoms with E-state index in [1.54, 1.807) is 12.3 Å². The molecule has 2 fully saturated rings. The van der Waals surface area contributed by atoms with E-state index in [9.17, 15) is 13.2 Å². The molecule has 1 amide bonds. The van der Waals surface area contributed by atoms with Crippen LogP contribution in [0, 0.1) is 0 Å². The molecule has 3 heterocycles. The molecule has 0 N–H and O–H groups in total. The van der Waals surface area contributed by atoms with Crippen molar-refractivity contribution in [3.05, 3.63) is 24.3 Å². The molecule has 0 bridgehead atoms. The highest BCUT2D eigenvalue weighted by Gasteiger charge is 2.37. The van der Waals surface area contributed by atoms with E-state index in [1.165, 1.54) is 16.9 Å². The van der Waals surface area contributed by atoms with Crippen molar-refractivity contribution in [2.75, 3.05) is 32.6 Å². The van der Waals surface area contributed by atoms with Gasteiger partial charge in [0.15, 0.2) is 0 Å². The van der Waals surface area contributed by atoms with Crippen molar-refractivity contribution in [2.45, 2.75) is 37.8 Å². The maximum atomic E-state index is 13.1. The highest BCUT2D eigenvalue weighted by atomic mass is 32.2. The summed E-state index contributed by atoms with van der Waals surface area (Å²) >= 11 is 0. The Morgan fingerprint density at radius 2 is 2.04 bits per heavy atom. The zero-order chi connectivity index (χ0) is 17.9. The molecule has 9 heteroatoms. The Morgan fingerprint density at radius 3 is 2.68 bits per heavy atom. The number of nitrogens with zero attached hydrogens (tertiary/aromatic N) is 4. The lowest BCUT2D eigenvalue weighted by atomic mass is 9.99. The summed E-state index contributed by atoms with van der Waals surface area (Å²) in [6, 6.07) is 1.50. The van der Waals surface area contributed by atoms with E-state index in [2.05, 4.69) is 9.97 Å². The lowest BCUT2D eigenvalue weighted by Crippen LogP contribution is -2.56. The lowest BCUT2D eigenvalue weighted by Gasteiger charge is -2.43. The van der Waals surface area contributed by atoms with Gasteiger partial charge in [0, 0.05) is 44.6 Å². The average molecular weight is 368 g/mol. The monoisotopic (exact) mass is 368 g/mol. The van der Waals surface area contributed by atoms with Crippen LogP contribution in [0.25, 0.3) is 0 Å². The van der Waals surface area contributed by atoms with E-state index in [-0.39, 0.29) is 18.0 Å². The fraction of sp³-hybridized carbons (Fsp3) is 0.688. The Hall–Kier alpha value is -1.58. The summed E-state index contributed by atoms with van der Waals surface area (Å²) in [5.74, 6) is -0.158. The fourth-order valence-corrected chi connectivity index (χ4v) is 4.50. The molecule has 0 saturated carbocycles. The van der Waals surface area contributed by atoms with Crippen LogP contribution in [0.5, 0.6) is 0 Å². The first-order chi connectivity index (χ1) is 12.0. The molecule has 0 aliphatic carbocycles. The fourth-order valence-electron chi connectivity index (χ4n) is 3.59. The number of hydrogen-bond donors (Lipinski definition) is 0. The van der Waals surface area contributed by atoms with E-state index in [1.807, 2.05) is 4.90 Å². The van der Waals surface area contributed by atoms with Gasteiger partial charge < -0.3 is 9.64 Å². The highest BCUT2D eigenvalue weighted by molar-refractivity contribution is 7.88. The quantitative estimate of drug-likeness (QED) is 0.769. The third kappa shape index (κ3) is 4.34. The number of carbonyl (C=O) groups is 1. The third-order valence-electron chi connectivity index (χ3n) is 4.84. The van der Waals surface area contributed by atoms with Gasteiger partial charge in [-0.05, 0) is 31.7 Å². The Kier molecular flexibility index (Phi) is 5.65. The van der Waals surface area contributed by atoms with Crippen LogP contribution in [-0.2, 0) is 14.8 Å². The van der Waals surface area contributed by atoms with Crippen LogP contribution >= 0.6 is 0 Å². The minimum atomic E-state index is -3.27. The standard InChI is InChI=1S/C16H24N4O4S/c1-25(22,23)19-8-2-3-14(11-19)20(13-5-9-24-10-6-13)16(21)15-4-7-17-12-18-15/h4,7,12-14H,2-3,5-6,8-11H2,1H3. The van der Waals surface area contributed by atoms with Gasteiger partial charge in [-0.1, -0.05) is 0 Å². The Balaban J connectivity index is 1.86. The zero-order valence-electron chi connectivity index (χ0n) is 14.4. The molecule has 2 saturated heterocycles. The summed E-state index contributed by atoms with van der Waals surface area (Å²) < 4.78 is 30.8. The van der Waals surface area contributed by atoms with Gasteiger partial charge in [0.2, 0.25) is 10.0 Å². The van der Waals surface area contributed by atoms with Gasteiger partial charge in [-0.2, -0.15) is 0 Å². The molecule has 1 aromatic rings. The summed E-state index contributed by atoms with van der Waals surface area (Å²) in [5.41, 5.74) is 0.345. The number of ether oxygens (including phenoxy) is 1. The van der Waals surface area contributed by atoms with Crippen molar-refractivity contribution in [3.8, 4) is 0 Å². The number of rotatable bonds is 4. The minimum Gasteiger partial charge on any atom is -0.381 e. The van der Waals surface area contributed by atoms with Gasteiger partial charge in [-0.3, -0.25) is 4.79 Å². The second kappa shape index (κ2) is 7.76. The molecule has 0 aromatic carbocycles. The van der Waals surface area contributed by atoms with Gasteiger partial charge in [0.25, 0.3) is 5.91 Å². The number of hydrogen-bond acceptors (Lipinski definition) is 6. The molecule has 0 radical (unpaired) electrons. The Morgan fingerprint density at radius 1 is 1.28 bits per heavy atom. The SMILES string of the molecule is CS(=O)(=O)N1CCCC(N(C(=O)c2ccncn2)C2CCOCC2)C1. The second-order valence-corrected chi connectivity index (χ2v) is 8.55. The molecule has 0 spiro atoms. The van der Waals surface area contributed by atoms with E-state index >= 15 is 0 Å². The third-order valence-corrected chi connectivity index (χ3v) is 6.11. The minimum absolute atomic E-state index is 0.0423. The van der Waals surface area contributed by atoms with Crippen molar-refractivity contribution in [3.63, 3.8) is 0 Å². The van der Waals surface area contributed by atoms with Crippen LogP contribution in [-0.4, -0.2) is 78.1 Å². The molecule has 8 nitrogen and oxygen atoms in total. The largest absolute Gasteiger partial charge is 0.381 e. The summed E-state index contributed by atoms with van der Waals surface area (Å²) in [4.78, 5) is 22.9. The van der Waals surface area contributed by atoms with Crippen LogP contribution in [0.2, 0.25) is 0 Å². The van der Waals surface area contributed by atoms with Gasteiger partial charge in [0.05, 0.1) is 6.26 Å². The predicted octanol–water partition coefficient (Wildman–Crippen LogP) is 0.522. The van der Waals surface area contributed by atoms with Crippen molar-refractivity contribution in [1.29, 1.82) is 0 Å². The van der Waals surface area contributed by atoms with Crippen molar-refractivity contribution >= 4 is 15.9 Å². The summed E-state index contributed by atoms with van der Waals surface area (Å²) in [5, 5.41) is 0. The highest BCUT2D eigenvalue weighted by Crippen LogP contribution is 2.25. The van der Waals surface area contributed by atoms with Crippen molar-refractivity contribution < 1.29 is 17.9 Å². The zero-order valence-corrected chi connectivity index (χ0v) is 15.2. The first-order valence-corrected chi connectivity index (χ1v) is 10.4. The number of aromatic nitrogens is 2. The molecule has 1 unspecified atom stereocenters. The molecule has 138 valence electrons. The maximum Gasteiger partial charge on any atom is 0.273 e. The van der Waals surface area contributed by atoms with Crippen LogP contribution in [0.3, 0.4) is 0 Å². The summed E-state index contributed by atoms with van der Waals surface area (Å²) in [7, 11) is -3.27. The first kappa shape index (κ1) is 18.2.